The molecule has 0 amide bonds. The molecule has 1 aliphatic rings. The van der Waals surface area contributed by atoms with E-state index in [1.165, 1.54) is 0 Å². The van der Waals surface area contributed by atoms with E-state index in [1.54, 1.807) is 4.90 Å². The van der Waals surface area contributed by atoms with E-state index in [-0.39, 0.29) is 19.5 Å². The number of carboxylic acid groups (broad SMARTS) is 1. The molecule has 0 aromatic heterocycles. The second kappa shape index (κ2) is 5.15. The molecule has 3 nitrogen and oxygen atoms in total. The summed E-state index contributed by atoms with van der Waals surface area (Å²) in [6.45, 7) is 0.722. The van der Waals surface area contributed by atoms with Gasteiger partial charge in [0.1, 0.15) is 10.4 Å². The summed E-state index contributed by atoms with van der Waals surface area (Å²) in [5.74, 6) is -0.807. The Labute approximate surface area is 94.7 Å². The van der Waals surface area contributed by atoms with E-state index >= 15 is 0 Å². The third kappa shape index (κ3) is 2.68. The number of carboxylic acids is 1. The number of aliphatic carboxylic acids is 1. The van der Waals surface area contributed by atoms with Crippen LogP contribution in [0.5, 0.6) is 0 Å². The van der Waals surface area contributed by atoms with E-state index in [0.29, 0.717) is 10.7 Å². The minimum absolute atomic E-state index is 0. The van der Waals surface area contributed by atoms with E-state index in [0.717, 1.165) is 13.0 Å². The third-order valence-corrected chi connectivity index (χ3v) is 2.27. The number of thiocarbonyl (C=S) groups is 1. The van der Waals surface area contributed by atoms with Crippen LogP contribution in [0.25, 0.3) is 0 Å². The van der Waals surface area contributed by atoms with Gasteiger partial charge >= 0.3 is 25.4 Å². The number of likely N-dealkylation sites (tertiary alicyclic amines) is 1. The topological polar surface area (TPSA) is 40.5 Å². The molecule has 0 aromatic carbocycles. The van der Waals surface area contributed by atoms with Gasteiger partial charge in [-0.15, -0.1) is 12.6 Å². The van der Waals surface area contributed by atoms with Crippen molar-refractivity contribution in [2.24, 2.45) is 0 Å². The first-order chi connectivity index (χ1) is 5.13. The van der Waals surface area contributed by atoms with Crippen molar-refractivity contribution in [3.8, 4) is 0 Å². The van der Waals surface area contributed by atoms with Crippen molar-refractivity contribution in [2.45, 2.75) is 18.9 Å². The maximum atomic E-state index is 10.6. The Morgan fingerprint density at radius 1 is 1.67 bits per heavy atom. The molecule has 1 rings (SSSR count). The molecular weight excluding hydrogens is 248 g/mol. The second-order valence-electron chi connectivity index (χ2n) is 2.47. The van der Waals surface area contributed by atoms with Crippen LogP contribution in [-0.4, -0.2) is 32.9 Å². The van der Waals surface area contributed by atoms with Crippen LogP contribution in [0.15, 0.2) is 0 Å². The molecule has 0 unspecified atom stereocenters. The Balaban J connectivity index is 0.00000121. The van der Waals surface area contributed by atoms with Crippen LogP contribution in [-0.2, 0) is 24.3 Å². The van der Waals surface area contributed by atoms with Crippen LogP contribution in [0, 0.1) is 0 Å². The first-order valence-electron chi connectivity index (χ1n) is 3.35. The van der Waals surface area contributed by atoms with Crippen molar-refractivity contribution in [2.75, 3.05) is 6.54 Å². The summed E-state index contributed by atoms with van der Waals surface area (Å²) in [6.07, 6.45) is 1.56. The van der Waals surface area contributed by atoms with Gasteiger partial charge in [0.2, 0.25) is 0 Å². The molecule has 6 heteroatoms. The molecule has 1 atom stereocenters. The van der Waals surface area contributed by atoms with E-state index in [1.807, 2.05) is 0 Å². The molecule has 1 saturated heterocycles. The van der Waals surface area contributed by atoms with Crippen molar-refractivity contribution in [1.29, 1.82) is 0 Å². The molecule has 0 aliphatic carbocycles. The van der Waals surface area contributed by atoms with Crippen LogP contribution < -0.4 is 0 Å². The average Bonchev–Trinajstić information content (AvgIpc) is 2.32. The predicted octanol–water partition coefficient (Wildman–Crippen LogP) is 0.748. The van der Waals surface area contributed by atoms with Gasteiger partial charge in [-0.3, -0.25) is 0 Å². The molecule has 1 heterocycles. The van der Waals surface area contributed by atoms with Gasteiger partial charge in [0, 0.05) is 6.54 Å². The summed E-state index contributed by atoms with van der Waals surface area (Å²) in [5, 5.41) is 8.70. The predicted molar refractivity (Wildman–Crippen MR) is 48.9 cm³/mol. The standard InChI is InChI=1S/C6H9NO2S2.Zn/c8-5(9)4-2-1-3-7(4)6(10)11;/h4H,1-3H2,(H,8,9)(H,10,11);/q;+2/t4-;/m0./s1. The number of carbonyl (C=O) groups is 1. The average molecular weight is 257 g/mol. The van der Waals surface area contributed by atoms with Crippen LogP contribution in [0.3, 0.4) is 0 Å². The zero-order chi connectivity index (χ0) is 8.43. The molecule has 1 fully saturated rings. The smallest absolute Gasteiger partial charge is 0.480 e. The fraction of sp³-hybridized carbons (Fsp3) is 0.667. The summed E-state index contributed by atoms with van der Waals surface area (Å²) >= 11 is 8.72. The van der Waals surface area contributed by atoms with Gasteiger partial charge in [0.05, 0.1) is 0 Å². The summed E-state index contributed by atoms with van der Waals surface area (Å²) in [7, 11) is 0. The van der Waals surface area contributed by atoms with E-state index in [4.69, 9.17) is 17.3 Å². The summed E-state index contributed by atoms with van der Waals surface area (Å²) < 4.78 is 0.384. The van der Waals surface area contributed by atoms with Gasteiger partial charge in [-0.1, -0.05) is 12.2 Å². The third-order valence-electron chi connectivity index (χ3n) is 1.78. The monoisotopic (exact) mass is 255 g/mol. The molecule has 0 saturated carbocycles. The molecule has 0 bridgehead atoms. The Morgan fingerprint density at radius 2 is 2.25 bits per heavy atom. The SMILES string of the molecule is O=C(O)[C@@H]1CCCN1C(=S)S.[Zn+2]. The minimum atomic E-state index is -0.807. The van der Waals surface area contributed by atoms with Crippen molar-refractivity contribution in [3.63, 3.8) is 0 Å². The molecular formula is C6H9NO2S2Zn+2. The molecule has 0 radical (unpaired) electrons. The maximum Gasteiger partial charge on any atom is 2.00 e. The van der Waals surface area contributed by atoms with Gasteiger partial charge in [0.25, 0.3) is 0 Å². The Bertz CT molecular complexity index is 180. The van der Waals surface area contributed by atoms with Crippen LogP contribution in [0.2, 0.25) is 0 Å². The van der Waals surface area contributed by atoms with Crippen molar-refractivity contribution < 1.29 is 29.4 Å². The van der Waals surface area contributed by atoms with Crippen molar-refractivity contribution >= 4 is 35.1 Å². The Kier molecular flexibility index (Phi) is 5.29. The fourth-order valence-electron chi connectivity index (χ4n) is 1.25. The Morgan fingerprint density at radius 3 is 2.58 bits per heavy atom. The molecule has 1 aliphatic heterocycles. The van der Waals surface area contributed by atoms with Crippen LogP contribution >= 0.6 is 24.8 Å². The number of thiol groups is 1. The summed E-state index contributed by atoms with van der Waals surface area (Å²) in [5.41, 5.74) is 0. The Hall–Kier alpha value is 0.333. The van der Waals surface area contributed by atoms with Crippen molar-refractivity contribution in [3.05, 3.63) is 0 Å². The van der Waals surface area contributed by atoms with Gasteiger partial charge in [-0.2, -0.15) is 0 Å². The van der Waals surface area contributed by atoms with Gasteiger partial charge in [-0.25, -0.2) is 4.79 Å². The second-order valence-corrected chi connectivity index (χ2v) is 3.59. The van der Waals surface area contributed by atoms with Crippen LogP contribution in [0.4, 0.5) is 0 Å². The van der Waals surface area contributed by atoms with E-state index < -0.39 is 12.0 Å². The van der Waals surface area contributed by atoms with Crippen molar-refractivity contribution in [1.82, 2.24) is 4.90 Å². The minimum Gasteiger partial charge on any atom is -0.480 e. The molecule has 12 heavy (non-hydrogen) atoms. The first-order valence-corrected chi connectivity index (χ1v) is 4.21. The maximum absolute atomic E-state index is 10.6. The molecule has 0 aromatic rings. The largest absolute Gasteiger partial charge is 2.00 e. The fourth-order valence-corrected chi connectivity index (χ4v) is 1.71. The number of nitrogens with zero attached hydrogens (tertiary/aromatic N) is 1. The van der Waals surface area contributed by atoms with Crippen LogP contribution in [0.1, 0.15) is 12.8 Å². The normalized spacial score (nSPS) is 21.8. The van der Waals surface area contributed by atoms with E-state index in [9.17, 15) is 4.79 Å². The number of hydrogen-bond acceptors (Lipinski definition) is 2. The summed E-state index contributed by atoms with van der Waals surface area (Å²) in [4.78, 5) is 12.2. The first kappa shape index (κ1) is 12.3. The zero-order valence-electron chi connectivity index (χ0n) is 6.56. The van der Waals surface area contributed by atoms with Gasteiger partial charge in [0.15, 0.2) is 0 Å². The van der Waals surface area contributed by atoms with E-state index in [2.05, 4.69) is 12.6 Å². The number of hydrogen-bond donors (Lipinski definition) is 2. The summed E-state index contributed by atoms with van der Waals surface area (Å²) in [6, 6.07) is -0.444. The quantitative estimate of drug-likeness (QED) is 0.413. The number of rotatable bonds is 1. The zero-order valence-corrected chi connectivity index (χ0v) is 11.2. The molecule has 0 spiro atoms. The molecule has 1 N–H and O–H groups in total. The molecule has 62 valence electrons. The van der Waals surface area contributed by atoms with Gasteiger partial charge < -0.3 is 10.0 Å². The van der Waals surface area contributed by atoms with Gasteiger partial charge in [-0.05, 0) is 12.8 Å².